The molecule has 1 atom stereocenters. The molecule has 1 N–H and O–H groups in total. The first kappa shape index (κ1) is 14.8. The molecular formula is C13H17NO5S. The fourth-order valence-electron chi connectivity index (χ4n) is 2.17. The zero-order valence-electron chi connectivity index (χ0n) is 10.9. The number of rotatable bonds is 6. The molecule has 110 valence electrons. The van der Waals surface area contributed by atoms with E-state index in [1.165, 1.54) is 0 Å². The van der Waals surface area contributed by atoms with Crippen molar-refractivity contribution in [2.24, 2.45) is 0 Å². The summed E-state index contributed by atoms with van der Waals surface area (Å²) in [7, 11) is -3.73. The average molecular weight is 299 g/mol. The maximum atomic E-state index is 12.4. The maximum absolute atomic E-state index is 12.4. The summed E-state index contributed by atoms with van der Waals surface area (Å²) < 4.78 is 31.1. The molecule has 0 saturated carbocycles. The number of para-hydroxylation sites is 1. The molecule has 0 amide bonds. The van der Waals surface area contributed by atoms with Crippen molar-refractivity contribution in [3.63, 3.8) is 0 Å². The molecule has 7 heteroatoms. The second-order valence-corrected chi connectivity index (χ2v) is 6.59. The van der Waals surface area contributed by atoms with Crippen LogP contribution in [0.1, 0.15) is 12.8 Å². The second-order valence-electron chi connectivity index (χ2n) is 4.65. The molecule has 1 aliphatic rings. The summed E-state index contributed by atoms with van der Waals surface area (Å²) in [6, 6.07) is 8.25. The molecule has 0 aromatic heterocycles. The quantitative estimate of drug-likeness (QED) is 0.850. The van der Waals surface area contributed by atoms with Crippen LogP contribution in [0.2, 0.25) is 0 Å². The number of benzene rings is 1. The average Bonchev–Trinajstić information content (AvgIpc) is 2.88. The molecule has 1 saturated heterocycles. The Morgan fingerprint density at radius 1 is 1.35 bits per heavy atom. The lowest BCUT2D eigenvalue weighted by Crippen LogP contribution is -2.40. The Bertz CT molecular complexity index is 551. The van der Waals surface area contributed by atoms with Crippen molar-refractivity contribution >= 4 is 21.7 Å². The molecule has 0 bridgehead atoms. The Labute approximate surface area is 118 Å². The smallest absolute Gasteiger partial charge is 0.324 e. The van der Waals surface area contributed by atoms with Crippen LogP contribution in [0.3, 0.4) is 0 Å². The number of nitrogens with zero attached hydrogens (tertiary/aromatic N) is 1. The predicted molar refractivity (Wildman–Crippen MR) is 74.2 cm³/mol. The van der Waals surface area contributed by atoms with E-state index in [-0.39, 0.29) is 11.9 Å². The number of sulfonamides is 1. The van der Waals surface area contributed by atoms with E-state index < -0.39 is 22.5 Å². The van der Waals surface area contributed by atoms with Gasteiger partial charge in [0.15, 0.2) is 0 Å². The second kappa shape index (κ2) is 6.23. The van der Waals surface area contributed by atoms with E-state index in [1.807, 2.05) is 0 Å². The first-order valence-electron chi connectivity index (χ1n) is 6.38. The molecule has 1 unspecified atom stereocenters. The number of carboxylic acid groups (broad SMARTS) is 1. The van der Waals surface area contributed by atoms with Crippen molar-refractivity contribution in [2.75, 3.05) is 23.2 Å². The summed E-state index contributed by atoms with van der Waals surface area (Å²) in [5, 5.41) is 8.93. The van der Waals surface area contributed by atoms with E-state index in [1.54, 1.807) is 30.3 Å². The van der Waals surface area contributed by atoms with Gasteiger partial charge in [-0.3, -0.25) is 9.10 Å². The minimum atomic E-state index is -3.73. The van der Waals surface area contributed by atoms with Crippen molar-refractivity contribution < 1.29 is 23.1 Å². The lowest BCUT2D eigenvalue weighted by Gasteiger charge is -2.24. The molecule has 0 radical (unpaired) electrons. The van der Waals surface area contributed by atoms with Crippen LogP contribution in [0, 0.1) is 0 Å². The molecule has 1 aliphatic heterocycles. The van der Waals surface area contributed by atoms with Gasteiger partial charge in [0.1, 0.15) is 6.54 Å². The van der Waals surface area contributed by atoms with Crippen molar-refractivity contribution in [3.05, 3.63) is 30.3 Å². The fourth-order valence-corrected chi connectivity index (χ4v) is 3.83. The van der Waals surface area contributed by atoms with Crippen molar-refractivity contribution in [2.45, 2.75) is 18.9 Å². The number of hydrogen-bond donors (Lipinski definition) is 1. The van der Waals surface area contributed by atoms with Crippen LogP contribution in [0.5, 0.6) is 0 Å². The Balaban J connectivity index is 2.23. The topological polar surface area (TPSA) is 83.9 Å². The Kier molecular flexibility index (Phi) is 4.61. The highest BCUT2D eigenvalue weighted by Crippen LogP contribution is 2.21. The summed E-state index contributed by atoms with van der Waals surface area (Å²) in [6.45, 7) is -0.0243. The number of carbonyl (C=O) groups is 1. The molecule has 1 heterocycles. The molecular weight excluding hydrogens is 282 g/mol. The van der Waals surface area contributed by atoms with Gasteiger partial charge in [0.05, 0.1) is 17.5 Å². The molecule has 1 aromatic carbocycles. The van der Waals surface area contributed by atoms with E-state index in [0.717, 1.165) is 10.7 Å². The third kappa shape index (κ3) is 3.71. The summed E-state index contributed by atoms with van der Waals surface area (Å²) in [5.41, 5.74) is 0.355. The zero-order chi connectivity index (χ0) is 14.6. The highest BCUT2D eigenvalue weighted by atomic mass is 32.2. The van der Waals surface area contributed by atoms with Gasteiger partial charge in [-0.05, 0) is 25.0 Å². The van der Waals surface area contributed by atoms with Gasteiger partial charge in [-0.15, -0.1) is 0 Å². The minimum Gasteiger partial charge on any atom is -0.480 e. The van der Waals surface area contributed by atoms with Crippen LogP contribution in [0.4, 0.5) is 5.69 Å². The van der Waals surface area contributed by atoms with Gasteiger partial charge in [-0.1, -0.05) is 18.2 Å². The first-order chi connectivity index (χ1) is 9.49. The normalized spacial score (nSPS) is 18.9. The molecule has 1 fully saturated rings. The predicted octanol–water partition coefficient (Wildman–Crippen LogP) is 1.09. The lowest BCUT2D eigenvalue weighted by molar-refractivity contribution is -0.135. The van der Waals surface area contributed by atoms with Crippen LogP contribution < -0.4 is 4.31 Å². The summed E-state index contributed by atoms with van der Waals surface area (Å²) in [6.07, 6.45) is 1.18. The zero-order valence-corrected chi connectivity index (χ0v) is 11.8. The Morgan fingerprint density at radius 3 is 2.60 bits per heavy atom. The Hall–Kier alpha value is -1.60. The van der Waals surface area contributed by atoms with Gasteiger partial charge < -0.3 is 9.84 Å². The fraction of sp³-hybridized carbons (Fsp3) is 0.462. The first-order valence-corrected chi connectivity index (χ1v) is 7.99. The van der Waals surface area contributed by atoms with Gasteiger partial charge in [0.25, 0.3) is 0 Å². The van der Waals surface area contributed by atoms with E-state index >= 15 is 0 Å². The van der Waals surface area contributed by atoms with E-state index in [9.17, 15) is 13.2 Å². The van der Waals surface area contributed by atoms with Gasteiger partial charge in [-0.2, -0.15) is 0 Å². The number of hydrogen-bond acceptors (Lipinski definition) is 4. The number of anilines is 1. The maximum Gasteiger partial charge on any atom is 0.324 e. The third-order valence-corrected chi connectivity index (χ3v) is 4.88. The molecule has 2 rings (SSSR count). The summed E-state index contributed by atoms with van der Waals surface area (Å²) in [5.74, 6) is -1.38. The Morgan fingerprint density at radius 2 is 2.05 bits per heavy atom. The standard InChI is InChI=1S/C13H17NO5S/c15-13(16)9-14(11-5-2-1-3-6-11)20(17,18)10-12-7-4-8-19-12/h1-3,5-6,12H,4,7-10H2,(H,15,16). The monoisotopic (exact) mass is 299 g/mol. The molecule has 20 heavy (non-hydrogen) atoms. The van der Waals surface area contributed by atoms with Crippen LogP contribution in [0.25, 0.3) is 0 Å². The third-order valence-electron chi connectivity index (χ3n) is 3.08. The largest absolute Gasteiger partial charge is 0.480 e. The molecule has 0 aliphatic carbocycles. The molecule has 1 aromatic rings. The number of aliphatic carboxylic acids is 1. The van der Waals surface area contributed by atoms with Gasteiger partial charge in [-0.25, -0.2) is 8.42 Å². The van der Waals surface area contributed by atoms with Gasteiger partial charge in [0, 0.05) is 6.61 Å². The SMILES string of the molecule is O=C(O)CN(c1ccccc1)S(=O)(=O)CC1CCCO1. The van der Waals surface area contributed by atoms with Crippen molar-refractivity contribution in [1.29, 1.82) is 0 Å². The van der Waals surface area contributed by atoms with Gasteiger partial charge >= 0.3 is 5.97 Å². The van der Waals surface area contributed by atoms with Gasteiger partial charge in [0.2, 0.25) is 10.0 Å². The van der Waals surface area contributed by atoms with E-state index in [0.29, 0.717) is 18.7 Å². The van der Waals surface area contributed by atoms with Crippen molar-refractivity contribution in [3.8, 4) is 0 Å². The van der Waals surface area contributed by atoms with Crippen molar-refractivity contribution in [1.82, 2.24) is 0 Å². The summed E-state index contributed by atoms with van der Waals surface area (Å²) in [4.78, 5) is 10.9. The van der Waals surface area contributed by atoms with Crippen LogP contribution >= 0.6 is 0 Å². The highest BCUT2D eigenvalue weighted by molar-refractivity contribution is 7.92. The molecule has 6 nitrogen and oxygen atoms in total. The summed E-state index contributed by atoms with van der Waals surface area (Å²) >= 11 is 0. The number of ether oxygens (including phenoxy) is 1. The van der Waals surface area contributed by atoms with Crippen LogP contribution in [0.15, 0.2) is 30.3 Å². The lowest BCUT2D eigenvalue weighted by atomic mass is 10.3. The molecule has 0 spiro atoms. The highest BCUT2D eigenvalue weighted by Gasteiger charge is 2.30. The van der Waals surface area contributed by atoms with E-state index in [4.69, 9.17) is 9.84 Å². The number of carboxylic acids is 1. The minimum absolute atomic E-state index is 0.185. The van der Waals surface area contributed by atoms with Crippen LogP contribution in [-0.2, 0) is 19.6 Å². The van der Waals surface area contributed by atoms with E-state index in [2.05, 4.69) is 0 Å². The van der Waals surface area contributed by atoms with Crippen LogP contribution in [-0.4, -0.2) is 44.5 Å².